The summed E-state index contributed by atoms with van der Waals surface area (Å²) >= 11 is 0. The molecule has 0 unspecified atom stereocenters. The van der Waals surface area contributed by atoms with Gasteiger partial charge < -0.3 is 9.64 Å². The number of nitrogens with zero attached hydrogens (tertiary/aromatic N) is 1. The molecule has 1 amide bonds. The number of benzene rings is 1. The molecule has 1 heterocycles. The molecule has 18 heavy (non-hydrogen) atoms. The molecule has 0 saturated carbocycles. The first-order valence-electron chi connectivity index (χ1n) is 6.27. The fourth-order valence-electron chi connectivity index (χ4n) is 2.18. The molecule has 0 N–H and O–H groups in total. The highest BCUT2D eigenvalue weighted by molar-refractivity contribution is 5.69. The van der Waals surface area contributed by atoms with E-state index in [9.17, 15) is 4.79 Å². The smallest absolute Gasteiger partial charge is 0.410 e. The van der Waals surface area contributed by atoms with Crippen molar-refractivity contribution in [2.24, 2.45) is 0 Å². The van der Waals surface area contributed by atoms with Crippen LogP contribution in [-0.2, 0) is 11.3 Å². The summed E-state index contributed by atoms with van der Waals surface area (Å²) in [4.78, 5) is 13.7. The normalized spacial score (nSPS) is 17.2. The molecule has 1 aliphatic heterocycles. The molecule has 0 bridgehead atoms. The number of ether oxygens (including phenoxy) is 1. The zero-order chi connectivity index (χ0) is 12.4. The van der Waals surface area contributed by atoms with Gasteiger partial charge in [-0.1, -0.05) is 30.3 Å². The Kier molecular flexibility index (Phi) is 2.91. The van der Waals surface area contributed by atoms with E-state index in [2.05, 4.69) is 5.73 Å². The Bertz CT molecular complexity index is 527. The van der Waals surface area contributed by atoms with Gasteiger partial charge in [0, 0.05) is 17.7 Å². The van der Waals surface area contributed by atoms with E-state index in [0.717, 1.165) is 24.9 Å². The van der Waals surface area contributed by atoms with E-state index in [1.165, 1.54) is 11.1 Å². The zero-order valence-corrected chi connectivity index (χ0v) is 10.2. The second kappa shape index (κ2) is 4.71. The Morgan fingerprint density at radius 2 is 2.11 bits per heavy atom. The molecule has 0 radical (unpaired) electrons. The molecular weight excluding hydrogens is 226 g/mol. The van der Waals surface area contributed by atoms with Crippen molar-refractivity contribution in [2.45, 2.75) is 19.4 Å². The Balaban J connectivity index is 1.53. The lowest BCUT2D eigenvalue weighted by atomic mass is 10.2. The van der Waals surface area contributed by atoms with Crippen LogP contribution >= 0.6 is 0 Å². The van der Waals surface area contributed by atoms with Crippen LogP contribution in [0.15, 0.2) is 47.2 Å². The first-order chi connectivity index (χ1) is 8.83. The summed E-state index contributed by atoms with van der Waals surface area (Å²) in [6, 6.07) is 9.76. The van der Waals surface area contributed by atoms with Gasteiger partial charge in [-0.2, -0.15) is 0 Å². The van der Waals surface area contributed by atoms with E-state index in [1.807, 2.05) is 30.3 Å². The predicted octanol–water partition coefficient (Wildman–Crippen LogP) is 2.88. The van der Waals surface area contributed by atoms with Crippen LogP contribution in [0.5, 0.6) is 0 Å². The maximum absolute atomic E-state index is 11.9. The summed E-state index contributed by atoms with van der Waals surface area (Å²) < 4.78 is 5.33. The van der Waals surface area contributed by atoms with Crippen LogP contribution in [0.25, 0.3) is 0 Å². The summed E-state index contributed by atoms with van der Waals surface area (Å²) in [7, 11) is 0. The second-order valence-electron chi connectivity index (χ2n) is 4.65. The first kappa shape index (κ1) is 11.1. The Hall–Kier alpha value is -1.99. The third-order valence-corrected chi connectivity index (χ3v) is 3.27. The van der Waals surface area contributed by atoms with Gasteiger partial charge in [-0.3, -0.25) is 0 Å². The van der Waals surface area contributed by atoms with E-state index < -0.39 is 0 Å². The van der Waals surface area contributed by atoms with Crippen LogP contribution < -0.4 is 0 Å². The third-order valence-electron chi connectivity index (χ3n) is 3.27. The van der Waals surface area contributed by atoms with Crippen LogP contribution in [0.4, 0.5) is 4.79 Å². The van der Waals surface area contributed by atoms with E-state index in [4.69, 9.17) is 4.74 Å². The minimum Gasteiger partial charge on any atom is -0.445 e. The summed E-state index contributed by atoms with van der Waals surface area (Å²) in [5.41, 5.74) is 6.74. The van der Waals surface area contributed by atoms with Crippen LogP contribution in [0.1, 0.15) is 18.4 Å². The molecule has 2 aliphatic rings. The van der Waals surface area contributed by atoms with Gasteiger partial charge in [0.2, 0.25) is 0 Å². The molecule has 3 heteroatoms. The summed E-state index contributed by atoms with van der Waals surface area (Å²) in [5, 5.41) is 0. The number of likely N-dealkylation sites (tertiary alicyclic amines) is 1. The summed E-state index contributed by atoms with van der Waals surface area (Å²) in [6.07, 6.45) is 1.84. The number of carbonyl (C=O) groups is 1. The first-order valence-corrected chi connectivity index (χ1v) is 6.27. The molecule has 3 rings (SSSR count). The lowest BCUT2D eigenvalue weighted by molar-refractivity contribution is 0.100. The number of hydrogen-bond acceptors (Lipinski definition) is 2. The van der Waals surface area contributed by atoms with Crippen molar-refractivity contribution in [1.29, 1.82) is 0 Å². The average Bonchev–Trinajstić information content (AvgIpc) is 3.14. The maximum Gasteiger partial charge on any atom is 0.410 e. The summed E-state index contributed by atoms with van der Waals surface area (Å²) in [5.74, 6) is 0. The fraction of sp³-hybridized carbons (Fsp3) is 0.333. The zero-order valence-electron chi connectivity index (χ0n) is 10.2. The van der Waals surface area contributed by atoms with Crippen LogP contribution in [-0.4, -0.2) is 24.1 Å². The minimum absolute atomic E-state index is 0.221. The molecule has 3 nitrogen and oxygen atoms in total. The monoisotopic (exact) mass is 241 g/mol. The van der Waals surface area contributed by atoms with Crippen molar-refractivity contribution < 1.29 is 9.53 Å². The Morgan fingerprint density at radius 1 is 1.28 bits per heavy atom. The standard InChI is InChI=1S/C15H15NO2/c17-15(18-11-12-5-2-1-3-6-12)16-8-4-7-13-9-14(13)10-16/h1-3,5-6H,4,7-8,10-11H2. The molecule has 0 spiro atoms. The molecule has 92 valence electrons. The van der Waals surface area contributed by atoms with Gasteiger partial charge in [0.1, 0.15) is 6.61 Å². The van der Waals surface area contributed by atoms with E-state index in [0.29, 0.717) is 13.2 Å². The largest absolute Gasteiger partial charge is 0.445 e. The Morgan fingerprint density at radius 3 is 2.94 bits per heavy atom. The Labute approximate surface area is 106 Å². The average molecular weight is 241 g/mol. The van der Waals surface area contributed by atoms with Gasteiger partial charge in [0.25, 0.3) is 0 Å². The number of hydrogen-bond donors (Lipinski definition) is 0. The summed E-state index contributed by atoms with van der Waals surface area (Å²) in [6.45, 7) is 1.79. The molecule has 1 fully saturated rings. The number of carbonyl (C=O) groups excluding carboxylic acids is 1. The quantitative estimate of drug-likeness (QED) is 0.745. The van der Waals surface area contributed by atoms with Crippen molar-refractivity contribution in [1.82, 2.24) is 4.90 Å². The fourth-order valence-corrected chi connectivity index (χ4v) is 2.18. The number of rotatable bonds is 2. The maximum atomic E-state index is 11.9. The van der Waals surface area contributed by atoms with E-state index >= 15 is 0 Å². The molecule has 0 aromatic heterocycles. The SMILES string of the molecule is O=C(OCc1ccccc1)N1CCCC2=C=C2C1. The second-order valence-corrected chi connectivity index (χ2v) is 4.65. The van der Waals surface area contributed by atoms with Crippen LogP contribution in [0, 0.1) is 0 Å². The van der Waals surface area contributed by atoms with E-state index in [-0.39, 0.29) is 6.09 Å². The van der Waals surface area contributed by atoms with Crippen molar-refractivity contribution in [3.05, 3.63) is 52.8 Å². The van der Waals surface area contributed by atoms with Gasteiger partial charge in [0.05, 0.1) is 6.54 Å². The highest BCUT2D eigenvalue weighted by Crippen LogP contribution is 2.29. The van der Waals surface area contributed by atoms with E-state index in [1.54, 1.807) is 4.90 Å². The topological polar surface area (TPSA) is 29.5 Å². The third kappa shape index (κ3) is 2.47. The molecule has 1 aromatic carbocycles. The van der Waals surface area contributed by atoms with Crippen molar-refractivity contribution in [3.63, 3.8) is 0 Å². The van der Waals surface area contributed by atoms with Crippen LogP contribution in [0.2, 0.25) is 0 Å². The van der Waals surface area contributed by atoms with Crippen molar-refractivity contribution >= 4 is 6.09 Å². The van der Waals surface area contributed by atoms with Crippen molar-refractivity contribution in [2.75, 3.05) is 13.1 Å². The number of fused-ring (bicyclic) bond motifs is 1. The predicted molar refractivity (Wildman–Crippen MR) is 68.0 cm³/mol. The lowest BCUT2D eigenvalue weighted by Gasteiger charge is -2.19. The van der Waals surface area contributed by atoms with Gasteiger partial charge >= 0.3 is 6.09 Å². The molecule has 1 aromatic rings. The molecule has 0 atom stereocenters. The van der Waals surface area contributed by atoms with Gasteiger partial charge in [-0.25, -0.2) is 4.79 Å². The lowest BCUT2D eigenvalue weighted by Crippen LogP contribution is -2.32. The van der Waals surface area contributed by atoms with Gasteiger partial charge in [-0.05, 0) is 18.4 Å². The molecule has 1 saturated heterocycles. The van der Waals surface area contributed by atoms with Gasteiger partial charge in [-0.15, -0.1) is 5.73 Å². The minimum atomic E-state index is -0.221. The highest BCUT2D eigenvalue weighted by atomic mass is 16.6. The van der Waals surface area contributed by atoms with Crippen LogP contribution in [0.3, 0.4) is 0 Å². The van der Waals surface area contributed by atoms with Crippen molar-refractivity contribution in [3.8, 4) is 0 Å². The molecule has 1 aliphatic carbocycles. The number of amides is 1. The van der Waals surface area contributed by atoms with Gasteiger partial charge in [0.15, 0.2) is 0 Å². The highest BCUT2D eigenvalue weighted by Gasteiger charge is 2.26. The molecular formula is C15H15NO2.